The topological polar surface area (TPSA) is 109 Å². The minimum atomic E-state index is -0.570. The average Bonchev–Trinajstić information content (AvgIpc) is 3.35. The second-order valence-electron chi connectivity index (χ2n) is 8.56. The van der Waals surface area contributed by atoms with E-state index in [0.29, 0.717) is 31.3 Å². The highest BCUT2D eigenvalue weighted by Gasteiger charge is 2.36. The zero-order valence-corrected chi connectivity index (χ0v) is 19.3. The minimum Gasteiger partial charge on any atom is -0.493 e. The Balaban J connectivity index is 1.41. The van der Waals surface area contributed by atoms with Gasteiger partial charge in [-0.1, -0.05) is 25.0 Å². The molecular formula is C26H30N2O6. The van der Waals surface area contributed by atoms with Crippen LogP contribution >= 0.6 is 0 Å². The Hall–Kier alpha value is -3.68. The highest BCUT2D eigenvalue weighted by Crippen LogP contribution is 2.43. The summed E-state index contributed by atoms with van der Waals surface area (Å²) in [5.74, 6) is 1.67. The van der Waals surface area contributed by atoms with Gasteiger partial charge in [-0.15, -0.1) is 0 Å². The van der Waals surface area contributed by atoms with Crippen molar-refractivity contribution in [2.75, 3.05) is 33.5 Å². The second kappa shape index (κ2) is 10.5. The molecule has 0 saturated heterocycles. The molecule has 2 aliphatic rings. The lowest BCUT2D eigenvalue weighted by atomic mass is 9.78. The second-order valence-corrected chi connectivity index (χ2v) is 8.56. The van der Waals surface area contributed by atoms with Gasteiger partial charge in [0.15, 0.2) is 29.6 Å². The van der Waals surface area contributed by atoms with E-state index in [1.807, 2.05) is 6.07 Å². The molecule has 3 N–H and O–H groups in total. The number of benzene rings is 2. The molecule has 1 saturated carbocycles. The van der Waals surface area contributed by atoms with Crippen molar-refractivity contribution in [2.24, 2.45) is 5.73 Å². The van der Waals surface area contributed by atoms with E-state index in [-0.39, 0.29) is 17.9 Å². The predicted octanol–water partition coefficient (Wildman–Crippen LogP) is 2.97. The van der Waals surface area contributed by atoms with Gasteiger partial charge < -0.3 is 30.0 Å². The Morgan fingerprint density at radius 2 is 1.82 bits per heavy atom. The summed E-state index contributed by atoms with van der Waals surface area (Å²) >= 11 is 0. The first-order valence-electron chi connectivity index (χ1n) is 11.4. The number of carbonyl (C=O) groups is 2. The van der Waals surface area contributed by atoms with Crippen LogP contribution in [0, 0.1) is 0 Å². The fourth-order valence-corrected chi connectivity index (χ4v) is 4.54. The normalized spacial score (nSPS) is 16.3. The number of carbonyl (C=O) groups excluding carboxylic acids is 2. The fourth-order valence-electron chi connectivity index (χ4n) is 4.54. The van der Waals surface area contributed by atoms with Gasteiger partial charge in [0.1, 0.15) is 13.2 Å². The first kappa shape index (κ1) is 23.5. The van der Waals surface area contributed by atoms with Crippen LogP contribution in [0.4, 0.5) is 0 Å². The number of hydrogen-bond donors (Lipinski definition) is 2. The molecule has 0 spiro atoms. The summed E-state index contributed by atoms with van der Waals surface area (Å²) in [5, 5.41) is 3.08. The van der Waals surface area contributed by atoms with E-state index in [1.54, 1.807) is 24.3 Å². The molecular weight excluding hydrogens is 436 g/mol. The maximum atomic E-state index is 12.6. The van der Waals surface area contributed by atoms with Gasteiger partial charge in [-0.25, -0.2) is 0 Å². The molecule has 0 aromatic heterocycles. The van der Waals surface area contributed by atoms with Crippen molar-refractivity contribution >= 4 is 17.9 Å². The SMILES string of the molecule is COc1cc(/C=C/C(=O)NCC2(c3ccc4c(c3)OCCO4)CCCC2)ccc1OCC(N)=O. The van der Waals surface area contributed by atoms with Crippen molar-refractivity contribution < 1.29 is 28.5 Å². The smallest absolute Gasteiger partial charge is 0.255 e. The molecule has 4 rings (SSSR count). The van der Waals surface area contributed by atoms with Crippen LogP contribution in [0.3, 0.4) is 0 Å². The van der Waals surface area contributed by atoms with E-state index in [4.69, 9.17) is 24.7 Å². The van der Waals surface area contributed by atoms with Gasteiger partial charge in [-0.3, -0.25) is 9.59 Å². The van der Waals surface area contributed by atoms with Gasteiger partial charge in [0.25, 0.3) is 5.91 Å². The zero-order chi connectivity index (χ0) is 24.0. The summed E-state index contributed by atoms with van der Waals surface area (Å²) in [5.41, 5.74) is 6.95. The van der Waals surface area contributed by atoms with Gasteiger partial charge in [-0.05, 0) is 54.3 Å². The van der Waals surface area contributed by atoms with Gasteiger partial charge in [-0.2, -0.15) is 0 Å². The monoisotopic (exact) mass is 466 g/mol. The van der Waals surface area contributed by atoms with E-state index in [9.17, 15) is 9.59 Å². The standard InChI is InChI=1S/C26H30N2O6/c1-31-22-14-18(4-7-20(22)34-16-24(27)29)5-9-25(30)28-17-26(10-2-3-11-26)19-6-8-21-23(15-19)33-13-12-32-21/h4-9,14-15H,2-3,10-13,16-17H2,1H3,(H2,27,29)(H,28,30)/b9-5+. The number of nitrogens with one attached hydrogen (secondary N) is 1. The van der Waals surface area contributed by atoms with Crippen molar-refractivity contribution in [3.8, 4) is 23.0 Å². The number of primary amides is 1. The van der Waals surface area contributed by atoms with Crippen LogP contribution in [-0.2, 0) is 15.0 Å². The summed E-state index contributed by atoms with van der Waals surface area (Å²) in [6.45, 7) is 1.43. The zero-order valence-electron chi connectivity index (χ0n) is 19.3. The average molecular weight is 467 g/mol. The maximum Gasteiger partial charge on any atom is 0.255 e. The molecule has 2 amide bonds. The molecule has 0 atom stereocenters. The maximum absolute atomic E-state index is 12.6. The molecule has 8 heteroatoms. The van der Waals surface area contributed by atoms with Crippen LogP contribution in [0.5, 0.6) is 23.0 Å². The Bertz CT molecular complexity index is 1070. The van der Waals surface area contributed by atoms with Crippen molar-refractivity contribution in [1.82, 2.24) is 5.32 Å². The van der Waals surface area contributed by atoms with Crippen molar-refractivity contribution in [1.29, 1.82) is 0 Å². The number of amides is 2. The lowest BCUT2D eigenvalue weighted by molar-refractivity contribution is -0.120. The largest absolute Gasteiger partial charge is 0.493 e. The van der Waals surface area contributed by atoms with E-state index in [2.05, 4.69) is 17.4 Å². The molecule has 1 fully saturated rings. The third-order valence-electron chi connectivity index (χ3n) is 6.30. The highest BCUT2D eigenvalue weighted by atomic mass is 16.6. The lowest BCUT2D eigenvalue weighted by Gasteiger charge is -2.31. The molecule has 1 heterocycles. The van der Waals surface area contributed by atoms with Crippen LogP contribution in [0.25, 0.3) is 6.08 Å². The highest BCUT2D eigenvalue weighted by molar-refractivity contribution is 5.91. The predicted molar refractivity (Wildman–Crippen MR) is 127 cm³/mol. The van der Waals surface area contributed by atoms with Crippen molar-refractivity contribution in [3.05, 3.63) is 53.6 Å². The summed E-state index contributed by atoms with van der Waals surface area (Å²) in [4.78, 5) is 23.6. The quantitative estimate of drug-likeness (QED) is 0.550. The fraction of sp³-hybridized carbons (Fsp3) is 0.385. The van der Waals surface area contributed by atoms with E-state index >= 15 is 0 Å². The Morgan fingerprint density at radius 3 is 2.56 bits per heavy atom. The number of rotatable bonds is 9. The molecule has 2 aromatic rings. The minimum absolute atomic E-state index is 0.109. The van der Waals surface area contributed by atoms with Crippen LogP contribution in [0.1, 0.15) is 36.8 Å². The van der Waals surface area contributed by atoms with Crippen LogP contribution < -0.4 is 30.0 Å². The Labute approximate surface area is 199 Å². The summed E-state index contributed by atoms with van der Waals surface area (Å²) in [7, 11) is 1.51. The molecule has 2 aromatic carbocycles. The molecule has 0 bridgehead atoms. The number of fused-ring (bicyclic) bond motifs is 1. The Morgan fingerprint density at radius 1 is 1.06 bits per heavy atom. The summed E-state index contributed by atoms with van der Waals surface area (Å²) in [6, 6.07) is 11.3. The molecule has 0 radical (unpaired) electrons. The first-order valence-corrected chi connectivity index (χ1v) is 11.4. The first-order chi connectivity index (χ1) is 16.5. The van der Waals surface area contributed by atoms with E-state index in [1.165, 1.54) is 18.7 Å². The van der Waals surface area contributed by atoms with Gasteiger partial charge in [0.05, 0.1) is 7.11 Å². The molecule has 1 aliphatic heterocycles. The molecule has 0 unspecified atom stereocenters. The summed E-state index contributed by atoms with van der Waals surface area (Å²) < 4.78 is 22.1. The third-order valence-corrected chi connectivity index (χ3v) is 6.30. The van der Waals surface area contributed by atoms with Gasteiger partial charge in [0.2, 0.25) is 5.91 Å². The van der Waals surface area contributed by atoms with Crippen LogP contribution in [0.2, 0.25) is 0 Å². The molecule has 1 aliphatic carbocycles. The number of ether oxygens (including phenoxy) is 4. The number of methoxy groups -OCH3 is 1. The lowest BCUT2D eigenvalue weighted by Crippen LogP contribution is -2.38. The summed E-state index contributed by atoms with van der Waals surface area (Å²) in [6.07, 6.45) is 7.50. The van der Waals surface area contributed by atoms with E-state index in [0.717, 1.165) is 42.7 Å². The molecule has 8 nitrogen and oxygen atoms in total. The number of hydrogen-bond acceptors (Lipinski definition) is 6. The van der Waals surface area contributed by atoms with Crippen molar-refractivity contribution in [2.45, 2.75) is 31.1 Å². The molecule has 34 heavy (non-hydrogen) atoms. The van der Waals surface area contributed by atoms with Crippen LogP contribution in [-0.4, -0.2) is 45.3 Å². The van der Waals surface area contributed by atoms with Crippen LogP contribution in [0.15, 0.2) is 42.5 Å². The van der Waals surface area contributed by atoms with Gasteiger partial charge >= 0.3 is 0 Å². The molecule has 180 valence electrons. The van der Waals surface area contributed by atoms with Gasteiger partial charge in [0, 0.05) is 18.0 Å². The number of nitrogens with two attached hydrogens (primary N) is 1. The van der Waals surface area contributed by atoms with Crippen molar-refractivity contribution in [3.63, 3.8) is 0 Å². The van der Waals surface area contributed by atoms with E-state index < -0.39 is 5.91 Å². The Kier molecular flexibility index (Phi) is 7.25. The third kappa shape index (κ3) is 5.44.